The van der Waals surface area contributed by atoms with Crippen molar-refractivity contribution in [3.8, 4) is 0 Å². The molecule has 1 N–H and O–H groups in total. The minimum Gasteiger partial charge on any atom is -0.340 e. The molecule has 2 rings (SSSR count). The number of carbonyl (C=O) groups excluding carboxylic acids is 2. The van der Waals surface area contributed by atoms with Crippen LogP contribution in [0.25, 0.3) is 0 Å². The Kier molecular flexibility index (Phi) is 4.13. The Labute approximate surface area is 123 Å². The number of carbonyl (C=O) groups is 2. The normalized spacial score (nSPS) is 26.8. The number of piperazine rings is 1. The Balaban J connectivity index is 2.32. The van der Waals surface area contributed by atoms with Crippen LogP contribution in [0.1, 0.15) is 44.2 Å². The van der Waals surface area contributed by atoms with Crippen molar-refractivity contribution >= 4 is 23.2 Å². The van der Waals surface area contributed by atoms with Gasteiger partial charge in [-0.1, -0.05) is 13.8 Å². The third-order valence-electron chi connectivity index (χ3n) is 4.06. The molecule has 2 atom stereocenters. The topological polar surface area (TPSA) is 62.3 Å². The highest BCUT2D eigenvalue weighted by Gasteiger charge is 2.46. The average Bonchev–Trinajstić information content (AvgIpc) is 2.81. The minimum absolute atomic E-state index is 0.000694. The summed E-state index contributed by atoms with van der Waals surface area (Å²) in [6.45, 7) is 8.04. The number of aryl methyl sites for hydroxylation is 1. The second-order valence-corrected chi connectivity index (χ2v) is 6.33. The zero-order valence-electron chi connectivity index (χ0n) is 12.4. The van der Waals surface area contributed by atoms with Crippen LogP contribution >= 0.6 is 11.3 Å². The zero-order chi connectivity index (χ0) is 14.9. The van der Waals surface area contributed by atoms with E-state index < -0.39 is 5.54 Å². The Morgan fingerprint density at radius 1 is 1.45 bits per heavy atom. The molecule has 0 saturated carbocycles. The molecule has 2 amide bonds. The fraction of sp³-hybridized carbons (Fsp3) is 0.643. The van der Waals surface area contributed by atoms with Crippen molar-refractivity contribution in [1.82, 2.24) is 15.2 Å². The molecule has 0 radical (unpaired) electrons. The summed E-state index contributed by atoms with van der Waals surface area (Å²) < 4.78 is 0. The average molecular weight is 295 g/mol. The molecule has 0 spiro atoms. The van der Waals surface area contributed by atoms with Crippen LogP contribution < -0.4 is 5.32 Å². The first-order valence-electron chi connectivity index (χ1n) is 6.95. The molecule has 2 unspecified atom stereocenters. The van der Waals surface area contributed by atoms with E-state index in [1.54, 1.807) is 17.3 Å². The molecule has 20 heavy (non-hydrogen) atoms. The SMILES string of the molecule is CCC1C(=O)NC(C)(CC)C(=O)N1Cc1scnc1C. The van der Waals surface area contributed by atoms with Crippen molar-refractivity contribution in [3.63, 3.8) is 0 Å². The summed E-state index contributed by atoms with van der Waals surface area (Å²) in [5.74, 6) is -0.0575. The van der Waals surface area contributed by atoms with Crippen LogP contribution in [0.4, 0.5) is 0 Å². The number of nitrogens with zero attached hydrogens (tertiary/aromatic N) is 2. The van der Waals surface area contributed by atoms with Gasteiger partial charge in [-0.3, -0.25) is 9.59 Å². The Hall–Kier alpha value is -1.43. The third-order valence-corrected chi connectivity index (χ3v) is 4.98. The molecule has 6 heteroatoms. The molecule has 1 saturated heterocycles. The van der Waals surface area contributed by atoms with E-state index in [1.165, 1.54) is 11.3 Å². The highest BCUT2D eigenvalue weighted by atomic mass is 32.1. The lowest BCUT2D eigenvalue weighted by atomic mass is 9.91. The molecule has 1 aromatic rings. The van der Waals surface area contributed by atoms with Crippen LogP contribution in [-0.4, -0.2) is 33.3 Å². The van der Waals surface area contributed by atoms with Crippen LogP contribution in [0.2, 0.25) is 0 Å². The van der Waals surface area contributed by atoms with E-state index in [2.05, 4.69) is 10.3 Å². The fourth-order valence-electron chi connectivity index (χ4n) is 2.47. The molecule has 5 nitrogen and oxygen atoms in total. The van der Waals surface area contributed by atoms with Gasteiger partial charge in [0.25, 0.3) is 0 Å². The van der Waals surface area contributed by atoms with Crippen molar-refractivity contribution in [3.05, 3.63) is 16.1 Å². The van der Waals surface area contributed by atoms with Crippen LogP contribution in [0.3, 0.4) is 0 Å². The van der Waals surface area contributed by atoms with Crippen molar-refractivity contribution in [2.24, 2.45) is 0 Å². The monoisotopic (exact) mass is 295 g/mol. The Morgan fingerprint density at radius 2 is 2.15 bits per heavy atom. The quantitative estimate of drug-likeness (QED) is 0.922. The van der Waals surface area contributed by atoms with E-state index in [1.807, 2.05) is 20.8 Å². The number of hydrogen-bond acceptors (Lipinski definition) is 4. The van der Waals surface area contributed by atoms with Gasteiger partial charge >= 0.3 is 0 Å². The Morgan fingerprint density at radius 3 is 2.65 bits per heavy atom. The van der Waals surface area contributed by atoms with E-state index >= 15 is 0 Å². The van der Waals surface area contributed by atoms with Crippen molar-refractivity contribution in [2.75, 3.05) is 0 Å². The van der Waals surface area contributed by atoms with Gasteiger partial charge < -0.3 is 10.2 Å². The second kappa shape index (κ2) is 5.52. The van der Waals surface area contributed by atoms with Gasteiger partial charge in [-0.25, -0.2) is 4.98 Å². The first kappa shape index (κ1) is 15.0. The largest absolute Gasteiger partial charge is 0.340 e. The van der Waals surface area contributed by atoms with Crippen molar-refractivity contribution in [1.29, 1.82) is 0 Å². The standard InChI is InChI=1S/C14H21N3O2S/c1-5-10-12(18)16-14(4,6-2)13(19)17(10)7-11-9(3)15-8-20-11/h8,10H,5-7H2,1-4H3,(H,16,18). The summed E-state index contributed by atoms with van der Waals surface area (Å²) in [5.41, 5.74) is 1.92. The molecule has 1 aromatic heterocycles. The predicted octanol–water partition coefficient (Wildman–Crippen LogP) is 1.86. The number of amides is 2. The number of rotatable bonds is 4. The van der Waals surface area contributed by atoms with Gasteiger partial charge in [-0.15, -0.1) is 11.3 Å². The number of aromatic nitrogens is 1. The van der Waals surface area contributed by atoms with E-state index in [9.17, 15) is 9.59 Å². The van der Waals surface area contributed by atoms with E-state index in [0.29, 0.717) is 19.4 Å². The van der Waals surface area contributed by atoms with Gasteiger partial charge in [0.05, 0.1) is 17.7 Å². The Bertz CT molecular complexity index is 528. The maximum atomic E-state index is 12.7. The van der Waals surface area contributed by atoms with Crippen LogP contribution in [0.5, 0.6) is 0 Å². The van der Waals surface area contributed by atoms with Gasteiger partial charge in [0.1, 0.15) is 11.6 Å². The summed E-state index contributed by atoms with van der Waals surface area (Å²) in [6.07, 6.45) is 1.21. The highest BCUT2D eigenvalue weighted by Crippen LogP contribution is 2.26. The molecule has 1 fully saturated rings. The third kappa shape index (κ3) is 2.44. The van der Waals surface area contributed by atoms with Gasteiger partial charge in [0.2, 0.25) is 11.8 Å². The summed E-state index contributed by atoms with van der Waals surface area (Å²) in [7, 11) is 0. The lowest BCUT2D eigenvalue weighted by Gasteiger charge is -2.43. The fourth-order valence-corrected chi connectivity index (χ4v) is 3.24. The minimum atomic E-state index is -0.790. The summed E-state index contributed by atoms with van der Waals surface area (Å²) in [4.78, 5) is 31.9. The van der Waals surface area contributed by atoms with Crippen LogP contribution in [0, 0.1) is 6.92 Å². The molecule has 0 bridgehead atoms. The van der Waals surface area contributed by atoms with Crippen LogP contribution in [0.15, 0.2) is 5.51 Å². The van der Waals surface area contributed by atoms with Crippen molar-refractivity contribution in [2.45, 2.75) is 58.7 Å². The van der Waals surface area contributed by atoms with E-state index in [0.717, 1.165) is 10.6 Å². The van der Waals surface area contributed by atoms with Crippen molar-refractivity contribution < 1.29 is 9.59 Å². The molecule has 1 aliphatic rings. The molecule has 2 heterocycles. The van der Waals surface area contributed by atoms with Gasteiger partial charge in [0, 0.05) is 4.88 Å². The molecule has 0 aromatic carbocycles. The van der Waals surface area contributed by atoms with E-state index in [4.69, 9.17) is 0 Å². The zero-order valence-corrected chi connectivity index (χ0v) is 13.2. The van der Waals surface area contributed by atoms with Gasteiger partial charge in [-0.2, -0.15) is 0 Å². The molecule has 110 valence electrons. The molecule has 0 aliphatic carbocycles. The highest BCUT2D eigenvalue weighted by molar-refractivity contribution is 7.09. The van der Waals surface area contributed by atoms with E-state index in [-0.39, 0.29) is 17.9 Å². The molecule has 1 aliphatic heterocycles. The van der Waals surface area contributed by atoms with Gasteiger partial charge in [0.15, 0.2) is 0 Å². The number of nitrogens with one attached hydrogen (secondary N) is 1. The predicted molar refractivity (Wildman–Crippen MR) is 78.3 cm³/mol. The molecular weight excluding hydrogens is 274 g/mol. The maximum Gasteiger partial charge on any atom is 0.249 e. The summed E-state index contributed by atoms with van der Waals surface area (Å²) in [5, 5.41) is 2.88. The first-order valence-corrected chi connectivity index (χ1v) is 7.83. The van der Waals surface area contributed by atoms with Gasteiger partial charge in [-0.05, 0) is 26.7 Å². The lowest BCUT2D eigenvalue weighted by Crippen LogP contribution is -2.68. The maximum absolute atomic E-state index is 12.7. The smallest absolute Gasteiger partial charge is 0.249 e. The lowest BCUT2D eigenvalue weighted by molar-refractivity contribution is -0.155. The molecular formula is C14H21N3O2S. The summed E-state index contributed by atoms with van der Waals surface area (Å²) in [6, 6.07) is -0.386. The second-order valence-electron chi connectivity index (χ2n) is 5.39. The summed E-state index contributed by atoms with van der Waals surface area (Å²) >= 11 is 1.53. The van der Waals surface area contributed by atoms with Crippen LogP contribution in [-0.2, 0) is 16.1 Å². The number of hydrogen-bond donors (Lipinski definition) is 1. The number of thiazole rings is 1. The first-order chi connectivity index (χ1) is 9.42.